The lowest BCUT2D eigenvalue weighted by Gasteiger charge is -2.08. The van der Waals surface area contributed by atoms with E-state index in [2.05, 4.69) is 9.97 Å². The monoisotopic (exact) mass is 281 g/mol. The van der Waals surface area contributed by atoms with Gasteiger partial charge in [-0.3, -0.25) is 0 Å². The van der Waals surface area contributed by atoms with Crippen LogP contribution in [0.2, 0.25) is 5.02 Å². The summed E-state index contributed by atoms with van der Waals surface area (Å²) in [5.74, 6) is 0.886. The standard InChI is InChI=1S/C15H8ClN3O/c16-12-7-10(8-17)5-6-14(12)20-15-11-3-1-2-4-13(11)18-9-19-15/h1-7,9H. The molecule has 1 aromatic heterocycles. The van der Waals surface area contributed by atoms with E-state index in [4.69, 9.17) is 21.6 Å². The molecule has 0 amide bonds. The molecule has 4 nitrogen and oxygen atoms in total. The van der Waals surface area contributed by atoms with Crippen LogP contribution in [0.5, 0.6) is 11.6 Å². The first-order chi connectivity index (χ1) is 9.78. The van der Waals surface area contributed by atoms with Crippen LogP contribution in [0.15, 0.2) is 48.8 Å². The number of ether oxygens (including phenoxy) is 1. The van der Waals surface area contributed by atoms with E-state index in [9.17, 15) is 0 Å². The van der Waals surface area contributed by atoms with Crippen molar-refractivity contribution in [1.29, 1.82) is 5.26 Å². The Morgan fingerprint density at radius 2 is 1.95 bits per heavy atom. The Labute approximate surface area is 120 Å². The molecule has 2 aromatic carbocycles. The van der Waals surface area contributed by atoms with Crippen molar-refractivity contribution in [2.24, 2.45) is 0 Å². The molecule has 0 N–H and O–H groups in total. The van der Waals surface area contributed by atoms with E-state index >= 15 is 0 Å². The van der Waals surface area contributed by atoms with E-state index < -0.39 is 0 Å². The molecule has 0 aliphatic rings. The van der Waals surface area contributed by atoms with Gasteiger partial charge in [0.15, 0.2) is 0 Å². The Bertz CT molecular complexity index is 821. The number of para-hydroxylation sites is 1. The van der Waals surface area contributed by atoms with Gasteiger partial charge in [0.05, 0.1) is 27.6 Å². The Morgan fingerprint density at radius 3 is 2.75 bits per heavy atom. The minimum atomic E-state index is 0.367. The largest absolute Gasteiger partial charge is 0.437 e. The van der Waals surface area contributed by atoms with Gasteiger partial charge < -0.3 is 4.74 Å². The molecule has 0 atom stereocenters. The van der Waals surface area contributed by atoms with Gasteiger partial charge in [-0.2, -0.15) is 5.26 Å². The van der Waals surface area contributed by atoms with E-state index in [0.29, 0.717) is 22.2 Å². The Morgan fingerprint density at radius 1 is 1.10 bits per heavy atom. The van der Waals surface area contributed by atoms with Crippen LogP contribution in [0, 0.1) is 11.3 Å². The summed E-state index contributed by atoms with van der Waals surface area (Å²) in [4.78, 5) is 8.30. The van der Waals surface area contributed by atoms with Crippen molar-refractivity contribution in [3.63, 3.8) is 0 Å². The lowest BCUT2D eigenvalue weighted by molar-refractivity contribution is 0.468. The second-order valence-corrected chi connectivity index (χ2v) is 4.46. The minimum Gasteiger partial charge on any atom is -0.437 e. The minimum absolute atomic E-state index is 0.367. The highest BCUT2D eigenvalue weighted by molar-refractivity contribution is 6.32. The average Bonchev–Trinajstić information content (AvgIpc) is 2.49. The molecule has 0 bridgehead atoms. The van der Waals surface area contributed by atoms with Crippen molar-refractivity contribution in [1.82, 2.24) is 9.97 Å². The van der Waals surface area contributed by atoms with Gasteiger partial charge in [0, 0.05) is 0 Å². The first kappa shape index (κ1) is 12.4. The molecule has 0 radical (unpaired) electrons. The van der Waals surface area contributed by atoms with Crippen molar-refractivity contribution in [2.75, 3.05) is 0 Å². The molecule has 20 heavy (non-hydrogen) atoms. The molecule has 0 saturated heterocycles. The van der Waals surface area contributed by atoms with Crippen LogP contribution in [-0.2, 0) is 0 Å². The maximum Gasteiger partial charge on any atom is 0.230 e. The maximum atomic E-state index is 8.81. The van der Waals surface area contributed by atoms with Gasteiger partial charge in [-0.25, -0.2) is 9.97 Å². The topological polar surface area (TPSA) is 58.8 Å². The first-order valence-electron chi connectivity index (χ1n) is 5.85. The Balaban J connectivity index is 2.04. The smallest absolute Gasteiger partial charge is 0.230 e. The average molecular weight is 282 g/mol. The van der Waals surface area contributed by atoms with E-state index in [0.717, 1.165) is 10.9 Å². The van der Waals surface area contributed by atoms with Crippen LogP contribution in [0.1, 0.15) is 5.56 Å². The zero-order valence-electron chi connectivity index (χ0n) is 10.2. The van der Waals surface area contributed by atoms with Gasteiger partial charge in [-0.15, -0.1) is 0 Å². The quantitative estimate of drug-likeness (QED) is 0.714. The predicted octanol–water partition coefficient (Wildman–Crippen LogP) is 3.95. The summed E-state index contributed by atoms with van der Waals surface area (Å²) >= 11 is 6.09. The molecular formula is C15H8ClN3O. The number of nitriles is 1. The normalized spacial score (nSPS) is 10.2. The molecule has 0 spiro atoms. The van der Waals surface area contributed by atoms with Crippen LogP contribution < -0.4 is 4.74 Å². The molecule has 0 saturated carbocycles. The summed E-state index contributed by atoms with van der Waals surface area (Å²) in [6.07, 6.45) is 1.44. The second kappa shape index (κ2) is 5.16. The highest BCUT2D eigenvalue weighted by atomic mass is 35.5. The fraction of sp³-hybridized carbons (Fsp3) is 0. The Kier molecular flexibility index (Phi) is 3.20. The summed E-state index contributed by atoms with van der Waals surface area (Å²) < 4.78 is 5.73. The first-order valence-corrected chi connectivity index (χ1v) is 6.23. The van der Waals surface area contributed by atoms with Crippen molar-refractivity contribution in [3.05, 3.63) is 59.4 Å². The van der Waals surface area contributed by atoms with Gasteiger partial charge in [0.1, 0.15) is 12.1 Å². The van der Waals surface area contributed by atoms with Crippen molar-refractivity contribution in [2.45, 2.75) is 0 Å². The molecular weight excluding hydrogens is 274 g/mol. The summed E-state index contributed by atoms with van der Waals surface area (Å²) in [5, 5.41) is 9.98. The second-order valence-electron chi connectivity index (χ2n) is 4.06. The van der Waals surface area contributed by atoms with E-state index in [-0.39, 0.29) is 0 Å². The van der Waals surface area contributed by atoms with Crippen LogP contribution in [-0.4, -0.2) is 9.97 Å². The third-order valence-corrected chi connectivity index (χ3v) is 3.07. The molecule has 3 aromatic rings. The van der Waals surface area contributed by atoms with Gasteiger partial charge in [0.25, 0.3) is 0 Å². The molecule has 0 unspecified atom stereocenters. The van der Waals surface area contributed by atoms with E-state index in [1.807, 2.05) is 30.3 Å². The lowest BCUT2D eigenvalue weighted by Crippen LogP contribution is -1.92. The van der Waals surface area contributed by atoms with Gasteiger partial charge >= 0.3 is 0 Å². The fourth-order valence-corrected chi connectivity index (χ4v) is 2.04. The summed E-state index contributed by atoms with van der Waals surface area (Å²) in [6.45, 7) is 0. The molecule has 0 aliphatic carbocycles. The van der Waals surface area contributed by atoms with Crippen LogP contribution in [0.3, 0.4) is 0 Å². The van der Waals surface area contributed by atoms with E-state index in [1.165, 1.54) is 6.33 Å². The van der Waals surface area contributed by atoms with Crippen LogP contribution >= 0.6 is 11.6 Å². The number of hydrogen-bond donors (Lipinski definition) is 0. The highest BCUT2D eigenvalue weighted by Gasteiger charge is 2.08. The van der Waals surface area contributed by atoms with Crippen molar-refractivity contribution in [3.8, 4) is 17.7 Å². The third-order valence-electron chi connectivity index (χ3n) is 2.77. The number of fused-ring (bicyclic) bond motifs is 1. The molecule has 96 valence electrons. The van der Waals surface area contributed by atoms with Crippen molar-refractivity contribution < 1.29 is 4.74 Å². The predicted molar refractivity (Wildman–Crippen MR) is 75.8 cm³/mol. The fourth-order valence-electron chi connectivity index (χ4n) is 1.82. The zero-order chi connectivity index (χ0) is 13.9. The van der Waals surface area contributed by atoms with E-state index in [1.54, 1.807) is 18.2 Å². The Hall–Kier alpha value is -2.64. The van der Waals surface area contributed by atoms with Crippen LogP contribution in [0.25, 0.3) is 10.9 Å². The molecule has 0 aliphatic heterocycles. The number of benzene rings is 2. The summed E-state index contributed by atoms with van der Waals surface area (Å²) in [5.41, 5.74) is 1.28. The maximum absolute atomic E-state index is 8.81. The molecule has 1 heterocycles. The zero-order valence-corrected chi connectivity index (χ0v) is 11.0. The van der Waals surface area contributed by atoms with Gasteiger partial charge in [-0.05, 0) is 30.3 Å². The number of rotatable bonds is 2. The van der Waals surface area contributed by atoms with Gasteiger partial charge in [0.2, 0.25) is 5.88 Å². The molecule has 3 rings (SSSR count). The number of nitrogens with zero attached hydrogens (tertiary/aromatic N) is 3. The molecule has 0 fully saturated rings. The summed E-state index contributed by atoms with van der Waals surface area (Å²) in [7, 11) is 0. The third kappa shape index (κ3) is 2.27. The van der Waals surface area contributed by atoms with Gasteiger partial charge in [-0.1, -0.05) is 23.7 Å². The van der Waals surface area contributed by atoms with Crippen molar-refractivity contribution >= 4 is 22.5 Å². The number of hydrogen-bond acceptors (Lipinski definition) is 4. The lowest BCUT2D eigenvalue weighted by atomic mass is 10.2. The molecule has 5 heteroatoms. The SMILES string of the molecule is N#Cc1ccc(Oc2ncnc3ccccc23)c(Cl)c1. The van der Waals surface area contributed by atoms with Crippen LogP contribution in [0.4, 0.5) is 0 Å². The number of halogens is 1. The summed E-state index contributed by atoms with van der Waals surface area (Å²) in [6, 6.07) is 14.4. The number of aromatic nitrogens is 2. The highest BCUT2D eigenvalue weighted by Crippen LogP contribution is 2.31.